The molecule has 6 heteroatoms. The molecule has 0 heterocycles. The van der Waals surface area contributed by atoms with Crippen LogP contribution in [0.3, 0.4) is 0 Å². The van der Waals surface area contributed by atoms with Gasteiger partial charge in [-0.3, -0.25) is 0 Å². The summed E-state index contributed by atoms with van der Waals surface area (Å²) >= 11 is 0. The summed E-state index contributed by atoms with van der Waals surface area (Å²) in [5.41, 5.74) is 6.86. The fourth-order valence-electron chi connectivity index (χ4n) is 5.65. The molecule has 0 saturated carbocycles. The van der Waals surface area contributed by atoms with Gasteiger partial charge in [0.15, 0.2) is 0 Å². The molecule has 0 fully saturated rings. The van der Waals surface area contributed by atoms with Gasteiger partial charge in [-0.1, -0.05) is 106 Å². The first kappa shape index (κ1) is 33.1. The van der Waals surface area contributed by atoms with Crippen LogP contribution in [0.1, 0.15) is 54.9 Å². The van der Waals surface area contributed by atoms with E-state index in [-0.39, 0.29) is 12.5 Å². The molecule has 0 N–H and O–H groups in total. The number of nitrogens with zero attached hydrogens (tertiary/aromatic N) is 2. The van der Waals surface area contributed by atoms with E-state index >= 15 is 0 Å². The quantitative estimate of drug-likeness (QED) is 0.0381. The number of benzene rings is 5. The smallest absolute Gasteiger partial charge is 0.366 e. The standard InChI is InChI=1S/C41H41FN2O3/c1-4-12-32-19-23-39-34(28-32)20-24-38(40(39)29-43-44(35-13-7-5-8-14-35)36-15-9-6-10-16-36)30(2)27-33-17-21-37(22-18-33)46-25-11-26-47-41(45)31(3)42/h5-10,13-24,28-30H,3-4,11-12,25-27H2,1-2H3/b43-29+. The van der Waals surface area contributed by atoms with Crippen LogP contribution in [0.2, 0.25) is 0 Å². The zero-order valence-electron chi connectivity index (χ0n) is 27.1. The Hall–Kier alpha value is -5.23. The molecule has 5 aromatic carbocycles. The highest BCUT2D eigenvalue weighted by Crippen LogP contribution is 2.32. The van der Waals surface area contributed by atoms with Crippen molar-refractivity contribution >= 4 is 34.3 Å². The number of hydrogen-bond acceptors (Lipinski definition) is 5. The molecule has 5 rings (SSSR count). The lowest BCUT2D eigenvalue weighted by atomic mass is 9.87. The Morgan fingerprint density at radius 2 is 1.53 bits per heavy atom. The molecular weight excluding hydrogens is 587 g/mol. The average molecular weight is 629 g/mol. The molecule has 0 bridgehead atoms. The lowest BCUT2D eigenvalue weighted by Gasteiger charge is -2.21. The molecule has 47 heavy (non-hydrogen) atoms. The maximum Gasteiger partial charge on any atom is 0.366 e. The Morgan fingerprint density at radius 3 is 2.17 bits per heavy atom. The Kier molecular flexibility index (Phi) is 11.5. The van der Waals surface area contributed by atoms with E-state index in [1.165, 1.54) is 27.5 Å². The van der Waals surface area contributed by atoms with Crippen molar-refractivity contribution < 1.29 is 18.7 Å². The summed E-state index contributed by atoms with van der Waals surface area (Å²) in [4.78, 5) is 11.2. The number of aryl methyl sites for hydroxylation is 1. The van der Waals surface area contributed by atoms with Gasteiger partial charge in [0.05, 0.1) is 30.8 Å². The van der Waals surface area contributed by atoms with Crippen molar-refractivity contribution in [3.63, 3.8) is 0 Å². The minimum absolute atomic E-state index is 0.0726. The van der Waals surface area contributed by atoms with Gasteiger partial charge >= 0.3 is 5.97 Å². The maximum atomic E-state index is 12.7. The summed E-state index contributed by atoms with van der Waals surface area (Å²) in [6.07, 6.45) is 5.47. The molecule has 0 aliphatic carbocycles. The summed E-state index contributed by atoms with van der Waals surface area (Å²) in [6, 6.07) is 39.8. The van der Waals surface area contributed by atoms with Crippen LogP contribution >= 0.6 is 0 Å². The number of rotatable bonds is 15. The van der Waals surface area contributed by atoms with Gasteiger partial charge in [0, 0.05) is 12.0 Å². The number of esters is 1. The molecule has 0 aliphatic heterocycles. The third-order valence-corrected chi connectivity index (χ3v) is 8.01. The molecule has 1 atom stereocenters. The summed E-state index contributed by atoms with van der Waals surface area (Å²) in [5, 5.41) is 9.49. The van der Waals surface area contributed by atoms with Crippen LogP contribution in [-0.4, -0.2) is 25.4 Å². The van der Waals surface area contributed by atoms with Crippen molar-refractivity contribution in [2.24, 2.45) is 5.10 Å². The van der Waals surface area contributed by atoms with Crippen LogP contribution in [0.5, 0.6) is 5.75 Å². The number of carbonyl (C=O) groups excluding carboxylic acids is 1. The minimum atomic E-state index is -1.10. The molecular formula is C41H41FN2O3. The molecule has 0 aromatic heterocycles. The maximum absolute atomic E-state index is 12.7. The van der Waals surface area contributed by atoms with Gasteiger partial charge in [-0.05, 0) is 82.6 Å². The third-order valence-electron chi connectivity index (χ3n) is 8.01. The van der Waals surface area contributed by atoms with Crippen LogP contribution in [-0.2, 0) is 22.4 Å². The molecule has 1 unspecified atom stereocenters. The van der Waals surface area contributed by atoms with Crippen molar-refractivity contribution in [2.75, 3.05) is 18.2 Å². The molecule has 5 aromatic rings. The zero-order valence-corrected chi connectivity index (χ0v) is 27.1. The van der Waals surface area contributed by atoms with Crippen LogP contribution in [0.4, 0.5) is 15.8 Å². The molecule has 0 saturated heterocycles. The number of carbonyl (C=O) groups is 1. The van der Waals surface area contributed by atoms with E-state index < -0.39 is 11.8 Å². The van der Waals surface area contributed by atoms with Crippen molar-refractivity contribution in [1.29, 1.82) is 0 Å². The van der Waals surface area contributed by atoms with Gasteiger partial charge in [-0.25, -0.2) is 9.80 Å². The van der Waals surface area contributed by atoms with E-state index in [1.807, 2.05) is 59.8 Å². The van der Waals surface area contributed by atoms with Gasteiger partial charge < -0.3 is 9.47 Å². The first-order chi connectivity index (χ1) is 22.9. The highest BCUT2D eigenvalue weighted by molar-refractivity contribution is 6.02. The third kappa shape index (κ3) is 8.95. The number of anilines is 2. The first-order valence-corrected chi connectivity index (χ1v) is 16.2. The first-order valence-electron chi connectivity index (χ1n) is 16.2. The zero-order chi connectivity index (χ0) is 33.0. The second-order valence-corrected chi connectivity index (χ2v) is 11.6. The fourth-order valence-corrected chi connectivity index (χ4v) is 5.65. The summed E-state index contributed by atoms with van der Waals surface area (Å²) < 4.78 is 23.3. The Labute approximate surface area is 277 Å². The van der Waals surface area contributed by atoms with Crippen molar-refractivity contribution in [1.82, 2.24) is 0 Å². The summed E-state index contributed by atoms with van der Waals surface area (Å²) in [5.74, 6) is -1.19. The lowest BCUT2D eigenvalue weighted by Crippen LogP contribution is -2.10. The number of para-hydroxylation sites is 2. The minimum Gasteiger partial charge on any atom is -0.493 e. The van der Waals surface area contributed by atoms with E-state index in [9.17, 15) is 9.18 Å². The topological polar surface area (TPSA) is 51.1 Å². The number of ether oxygens (including phenoxy) is 2. The second kappa shape index (κ2) is 16.4. The Bertz CT molecular complexity index is 1760. The molecule has 0 aliphatic rings. The monoisotopic (exact) mass is 628 g/mol. The van der Waals surface area contributed by atoms with E-state index in [4.69, 9.17) is 14.6 Å². The van der Waals surface area contributed by atoms with Crippen molar-refractivity contribution in [3.8, 4) is 5.75 Å². The summed E-state index contributed by atoms with van der Waals surface area (Å²) in [6.45, 7) is 7.83. The van der Waals surface area contributed by atoms with Gasteiger partial charge in [-0.15, -0.1) is 0 Å². The van der Waals surface area contributed by atoms with Crippen molar-refractivity contribution in [2.45, 2.75) is 45.4 Å². The summed E-state index contributed by atoms with van der Waals surface area (Å²) in [7, 11) is 0. The highest BCUT2D eigenvalue weighted by Gasteiger charge is 2.16. The second-order valence-electron chi connectivity index (χ2n) is 11.6. The van der Waals surface area contributed by atoms with Gasteiger partial charge in [0.25, 0.3) is 0 Å². The SMILES string of the molecule is C=C(F)C(=O)OCCCOc1ccc(CC(C)c2ccc3cc(CCC)ccc3c2/C=N/N(c2ccccc2)c2ccccc2)cc1. The van der Waals surface area contributed by atoms with Gasteiger partial charge in [0.1, 0.15) is 5.75 Å². The largest absolute Gasteiger partial charge is 0.493 e. The van der Waals surface area contributed by atoms with Crippen molar-refractivity contribution in [3.05, 3.63) is 150 Å². The normalized spacial score (nSPS) is 11.8. The fraction of sp³-hybridized carbons (Fsp3) is 0.220. The van der Waals surface area contributed by atoms with Gasteiger partial charge in [-0.2, -0.15) is 9.49 Å². The van der Waals surface area contributed by atoms with E-state index in [0.717, 1.165) is 42.0 Å². The average Bonchev–Trinajstić information content (AvgIpc) is 3.09. The molecule has 5 nitrogen and oxygen atoms in total. The number of hydrogen-bond donors (Lipinski definition) is 0. The predicted molar refractivity (Wildman–Crippen MR) is 190 cm³/mol. The van der Waals surface area contributed by atoms with Crippen LogP contribution < -0.4 is 9.75 Å². The highest BCUT2D eigenvalue weighted by atomic mass is 19.1. The molecule has 0 amide bonds. The number of fused-ring (bicyclic) bond motifs is 1. The molecule has 0 spiro atoms. The lowest BCUT2D eigenvalue weighted by molar-refractivity contribution is -0.140. The number of hydrazone groups is 1. The van der Waals surface area contributed by atoms with Crippen LogP contribution in [0.25, 0.3) is 10.8 Å². The molecule has 240 valence electrons. The van der Waals surface area contributed by atoms with Crippen LogP contribution in [0, 0.1) is 0 Å². The Balaban J connectivity index is 1.38. The predicted octanol–water partition coefficient (Wildman–Crippen LogP) is 10.1. The van der Waals surface area contributed by atoms with E-state index in [1.54, 1.807) is 0 Å². The van der Waals surface area contributed by atoms with Crippen LogP contribution in [0.15, 0.2) is 133 Å². The Morgan fingerprint density at radius 1 is 0.872 bits per heavy atom. The van der Waals surface area contributed by atoms with E-state index in [2.05, 4.69) is 87.2 Å². The molecule has 0 radical (unpaired) electrons. The van der Waals surface area contributed by atoms with Gasteiger partial charge in [0.2, 0.25) is 5.83 Å². The number of halogens is 1. The van der Waals surface area contributed by atoms with E-state index in [0.29, 0.717) is 13.0 Å².